The summed E-state index contributed by atoms with van der Waals surface area (Å²) in [6, 6.07) is 15.5. The predicted molar refractivity (Wildman–Crippen MR) is 96.2 cm³/mol. The molecular formula is C20H19N3O. The van der Waals surface area contributed by atoms with Gasteiger partial charge < -0.3 is 5.73 Å². The lowest BCUT2D eigenvalue weighted by molar-refractivity contribution is -0.118. The van der Waals surface area contributed by atoms with E-state index in [-0.39, 0.29) is 11.6 Å². The molecule has 0 unspecified atom stereocenters. The maximum atomic E-state index is 12.2. The highest BCUT2D eigenvalue weighted by atomic mass is 16.1. The number of nitrogens with two attached hydrogens (primary N) is 1. The summed E-state index contributed by atoms with van der Waals surface area (Å²) in [4.78, 5) is 16.3. The largest absolute Gasteiger partial charge is 0.384 e. The number of hydrogen-bond acceptors (Lipinski definition) is 3. The highest BCUT2D eigenvalue weighted by Gasteiger charge is 2.06. The van der Waals surface area contributed by atoms with Crippen LogP contribution in [0.25, 0.3) is 10.8 Å². The standard InChI is InChI=1S/C20H19N3O/c21-20(22)18-7-6-16-10-15(3-5-17(16)12-18)11-19(24)8-4-14-2-1-9-23-13-14/h1-3,5-7,9-10,12-13H,4,8,11H2,(H3,21,22). The van der Waals surface area contributed by atoms with Crippen molar-refractivity contribution in [3.05, 3.63) is 77.6 Å². The molecule has 0 fully saturated rings. The second-order valence-electron chi connectivity index (χ2n) is 5.89. The second kappa shape index (κ2) is 7.04. The zero-order chi connectivity index (χ0) is 16.9. The Hall–Kier alpha value is -3.01. The van der Waals surface area contributed by atoms with Crippen LogP contribution in [0.15, 0.2) is 60.9 Å². The predicted octanol–water partition coefficient (Wildman–Crippen LogP) is 3.26. The summed E-state index contributed by atoms with van der Waals surface area (Å²) < 4.78 is 0. The number of nitrogen functional groups attached to an aromatic ring is 1. The summed E-state index contributed by atoms with van der Waals surface area (Å²) in [7, 11) is 0. The van der Waals surface area contributed by atoms with Gasteiger partial charge in [0.15, 0.2) is 0 Å². The van der Waals surface area contributed by atoms with Crippen LogP contribution in [0.2, 0.25) is 0 Å². The first-order chi connectivity index (χ1) is 11.6. The van der Waals surface area contributed by atoms with Crippen molar-refractivity contribution in [3.8, 4) is 0 Å². The zero-order valence-corrected chi connectivity index (χ0v) is 13.3. The summed E-state index contributed by atoms with van der Waals surface area (Å²) in [6.07, 6.45) is 5.22. The van der Waals surface area contributed by atoms with Gasteiger partial charge in [0, 0.05) is 30.8 Å². The van der Waals surface area contributed by atoms with E-state index in [1.807, 2.05) is 48.5 Å². The van der Waals surface area contributed by atoms with E-state index in [0.717, 1.165) is 28.3 Å². The van der Waals surface area contributed by atoms with E-state index in [4.69, 9.17) is 11.1 Å². The van der Waals surface area contributed by atoms with Crippen LogP contribution in [0.4, 0.5) is 0 Å². The second-order valence-corrected chi connectivity index (χ2v) is 5.89. The molecule has 3 rings (SSSR count). The summed E-state index contributed by atoms with van der Waals surface area (Å²) >= 11 is 0. The van der Waals surface area contributed by atoms with Crippen molar-refractivity contribution >= 4 is 22.4 Å². The molecule has 3 N–H and O–H groups in total. The number of hydrogen-bond donors (Lipinski definition) is 2. The minimum Gasteiger partial charge on any atom is -0.384 e. The fourth-order valence-corrected chi connectivity index (χ4v) is 2.72. The summed E-state index contributed by atoms with van der Waals surface area (Å²) in [5, 5.41) is 9.57. The van der Waals surface area contributed by atoms with Gasteiger partial charge in [-0.1, -0.05) is 36.4 Å². The van der Waals surface area contributed by atoms with Gasteiger partial charge >= 0.3 is 0 Å². The van der Waals surface area contributed by atoms with E-state index in [1.54, 1.807) is 12.4 Å². The maximum Gasteiger partial charge on any atom is 0.137 e. The van der Waals surface area contributed by atoms with Crippen LogP contribution < -0.4 is 5.73 Å². The number of rotatable bonds is 6. The summed E-state index contributed by atoms with van der Waals surface area (Å²) in [5.74, 6) is 0.283. The molecule has 0 saturated carbocycles. The molecule has 0 aliphatic rings. The average Bonchev–Trinajstić information content (AvgIpc) is 2.60. The molecule has 0 aliphatic carbocycles. The molecule has 0 aliphatic heterocycles. The van der Waals surface area contributed by atoms with E-state index in [2.05, 4.69) is 4.98 Å². The van der Waals surface area contributed by atoms with Crippen molar-refractivity contribution < 1.29 is 4.79 Å². The molecule has 0 bridgehead atoms. The molecule has 0 spiro atoms. The number of nitrogens with one attached hydrogen (secondary N) is 1. The average molecular weight is 317 g/mol. The Morgan fingerprint density at radius 2 is 1.83 bits per heavy atom. The van der Waals surface area contributed by atoms with Crippen LogP contribution in [-0.2, 0) is 17.6 Å². The smallest absolute Gasteiger partial charge is 0.137 e. The SMILES string of the molecule is N=C(N)c1ccc2cc(CC(=O)CCc3cccnc3)ccc2c1. The van der Waals surface area contributed by atoms with Gasteiger partial charge in [0.1, 0.15) is 11.6 Å². The van der Waals surface area contributed by atoms with Crippen LogP contribution in [-0.4, -0.2) is 16.6 Å². The van der Waals surface area contributed by atoms with E-state index in [1.165, 1.54) is 0 Å². The van der Waals surface area contributed by atoms with Gasteiger partial charge in [-0.15, -0.1) is 0 Å². The van der Waals surface area contributed by atoms with Crippen molar-refractivity contribution in [2.75, 3.05) is 0 Å². The van der Waals surface area contributed by atoms with Crippen molar-refractivity contribution in [1.29, 1.82) is 5.41 Å². The van der Waals surface area contributed by atoms with Crippen molar-refractivity contribution in [2.45, 2.75) is 19.3 Å². The highest BCUT2D eigenvalue weighted by Crippen LogP contribution is 2.19. The lowest BCUT2D eigenvalue weighted by atomic mass is 9.99. The molecule has 1 heterocycles. The topological polar surface area (TPSA) is 79.8 Å². The number of amidine groups is 1. The van der Waals surface area contributed by atoms with Gasteiger partial charge in [0.25, 0.3) is 0 Å². The van der Waals surface area contributed by atoms with Gasteiger partial charge in [-0.25, -0.2) is 0 Å². The summed E-state index contributed by atoms with van der Waals surface area (Å²) in [6.45, 7) is 0. The number of carbonyl (C=O) groups excluding carboxylic acids is 1. The van der Waals surface area contributed by atoms with Gasteiger partial charge in [-0.05, 0) is 40.5 Å². The Bertz CT molecular complexity index is 888. The number of fused-ring (bicyclic) bond motifs is 1. The Balaban J connectivity index is 1.67. The zero-order valence-electron chi connectivity index (χ0n) is 13.3. The molecule has 0 amide bonds. The normalized spacial score (nSPS) is 10.7. The molecular weight excluding hydrogens is 298 g/mol. The van der Waals surface area contributed by atoms with Crippen molar-refractivity contribution in [2.24, 2.45) is 5.73 Å². The first-order valence-electron chi connectivity index (χ1n) is 7.89. The first-order valence-corrected chi connectivity index (χ1v) is 7.89. The number of aryl methyl sites for hydroxylation is 1. The van der Waals surface area contributed by atoms with Gasteiger partial charge in [0.2, 0.25) is 0 Å². The van der Waals surface area contributed by atoms with Crippen LogP contribution in [0, 0.1) is 5.41 Å². The van der Waals surface area contributed by atoms with Gasteiger partial charge in [-0.2, -0.15) is 0 Å². The number of pyridine rings is 1. The van der Waals surface area contributed by atoms with Crippen molar-refractivity contribution in [1.82, 2.24) is 4.98 Å². The Labute approximate surface area is 140 Å². The lowest BCUT2D eigenvalue weighted by Crippen LogP contribution is -2.10. The third-order valence-corrected chi connectivity index (χ3v) is 4.03. The molecule has 0 saturated heterocycles. The molecule has 1 aromatic heterocycles. The van der Waals surface area contributed by atoms with Crippen LogP contribution in [0.1, 0.15) is 23.1 Å². The van der Waals surface area contributed by atoms with Crippen LogP contribution in [0.3, 0.4) is 0 Å². The summed E-state index contributed by atoms with van der Waals surface area (Å²) in [5.41, 5.74) is 8.32. The first kappa shape index (κ1) is 15.9. The third kappa shape index (κ3) is 3.84. The van der Waals surface area contributed by atoms with Crippen LogP contribution in [0.5, 0.6) is 0 Å². The quantitative estimate of drug-likeness (QED) is 0.541. The number of aromatic nitrogens is 1. The molecule has 0 atom stereocenters. The Morgan fingerprint density at radius 3 is 2.58 bits per heavy atom. The molecule has 4 nitrogen and oxygen atoms in total. The minimum absolute atomic E-state index is 0.0616. The molecule has 4 heteroatoms. The molecule has 120 valence electrons. The Morgan fingerprint density at radius 1 is 1.04 bits per heavy atom. The maximum absolute atomic E-state index is 12.2. The molecule has 2 aromatic carbocycles. The highest BCUT2D eigenvalue weighted by molar-refractivity contribution is 5.99. The molecule has 24 heavy (non-hydrogen) atoms. The fraction of sp³-hybridized carbons (Fsp3) is 0.150. The van der Waals surface area contributed by atoms with E-state index < -0.39 is 0 Å². The van der Waals surface area contributed by atoms with Crippen LogP contribution >= 0.6 is 0 Å². The Kier molecular flexibility index (Phi) is 4.66. The van der Waals surface area contributed by atoms with E-state index in [9.17, 15) is 4.79 Å². The van der Waals surface area contributed by atoms with Gasteiger partial charge in [-0.3, -0.25) is 15.2 Å². The minimum atomic E-state index is 0.0616. The number of carbonyl (C=O) groups is 1. The number of benzene rings is 2. The number of Topliss-reactive ketones (excluding diaryl/α,β-unsaturated/α-hetero) is 1. The number of ketones is 1. The monoisotopic (exact) mass is 317 g/mol. The lowest BCUT2D eigenvalue weighted by Gasteiger charge is -2.06. The molecule has 0 radical (unpaired) electrons. The molecule has 3 aromatic rings. The van der Waals surface area contributed by atoms with E-state index in [0.29, 0.717) is 18.4 Å². The third-order valence-electron chi connectivity index (χ3n) is 4.03. The van der Waals surface area contributed by atoms with Gasteiger partial charge in [0.05, 0.1) is 0 Å². The van der Waals surface area contributed by atoms with E-state index >= 15 is 0 Å². The number of nitrogens with zero attached hydrogens (tertiary/aromatic N) is 1. The van der Waals surface area contributed by atoms with Crippen molar-refractivity contribution in [3.63, 3.8) is 0 Å². The fourth-order valence-electron chi connectivity index (χ4n) is 2.72.